The van der Waals surface area contributed by atoms with E-state index in [4.69, 9.17) is 10.5 Å². The van der Waals surface area contributed by atoms with Crippen LogP contribution in [0.1, 0.15) is 52.9 Å². The summed E-state index contributed by atoms with van der Waals surface area (Å²) < 4.78 is 5.66. The fraction of sp³-hybridized carbons (Fsp3) is 0.611. The van der Waals surface area contributed by atoms with Gasteiger partial charge in [-0.2, -0.15) is 0 Å². The number of carbonyl (C=O) groups is 3. The number of nitrogens with one attached hydrogen (secondary N) is 1. The molecule has 3 aliphatic rings. The van der Waals surface area contributed by atoms with Gasteiger partial charge in [-0.15, -0.1) is 11.3 Å². The maximum absolute atomic E-state index is 12.9. The van der Waals surface area contributed by atoms with Crippen LogP contribution in [0.4, 0.5) is 5.00 Å². The van der Waals surface area contributed by atoms with E-state index in [0.29, 0.717) is 23.4 Å². The Hall–Kier alpha value is -1.93. The number of hydrogen-bond acceptors (Lipinski definition) is 5. The fourth-order valence-electron chi connectivity index (χ4n) is 4.61. The Morgan fingerprint density at radius 1 is 1.08 bits per heavy atom. The molecule has 0 unspecified atom stereocenters. The van der Waals surface area contributed by atoms with Crippen LogP contribution >= 0.6 is 11.3 Å². The third kappa shape index (κ3) is 2.81. The molecule has 140 valence electrons. The standard InChI is InChI=1S/C18H22N2O5S/c19-15(21)12-8-4-2-1-3-5-11(8)26-17(12)20-16(22)13-9-6-7-10(25-9)14(13)18(23)24/h9-10,13-14H,1-7H2,(H2,19,21)(H,20,22)(H,23,24)/t9-,10-,13+,14+/m1/s1. The third-order valence-corrected chi connectivity index (χ3v) is 6.97. The van der Waals surface area contributed by atoms with Gasteiger partial charge in [-0.1, -0.05) is 6.42 Å². The summed E-state index contributed by atoms with van der Waals surface area (Å²) in [5, 5.41) is 12.8. The van der Waals surface area contributed by atoms with E-state index in [-0.39, 0.29) is 12.0 Å². The van der Waals surface area contributed by atoms with Gasteiger partial charge in [0, 0.05) is 4.88 Å². The van der Waals surface area contributed by atoms with Gasteiger partial charge in [-0.25, -0.2) is 0 Å². The summed E-state index contributed by atoms with van der Waals surface area (Å²) in [5.74, 6) is -3.49. The molecule has 4 atom stereocenters. The molecule has 0 aromatic carbocycles. The Morgan fingerprint density at radius 3 is 2.46 bits per heavy atom. The van der Waals surface area contributed by atoms with Crippen LogP contribution in [0.25, 0.3) is 0 Å². The smallest absolute Gasteiger partial charge is 0.310 e. The monoisotopic (exact) mass is 378 g/mol. The average molecular weight is 378 g/mol. The molecule has 26 heavy (non-hydrogen) atoms. The molecular weight excluding hydrogens is 356 g/mol. The van der Waals surface area contributed by atoms with Gasteiger partial charge in [0.1, 0.15) is 5.00 Å². The minimum atomic E-state index is -1.01. The molecule has 2 aliphatic heterocycles. The first-order valence-electron chi connectivity index (χ1n) is 9.11. The van der Waals surface area contributed by atoms with Gasteiger partial charge in [-0.3, -0.25) is 14.4 Å². The molecule has 1 aromatic heterocycles. The van der Waals surface area contributed by atoms with E-state index >= 15 is 0 Å². The summed E-state index contributed by atoms with van der Waals surface area (Å²) in [6.07, 6.45) is 5.44. The molecule has 0 saturated carbocycles. The van der Waals surface area contributed by atoms with Gasteiger partial charge < -0.3 is 20.9 Å². The zero-order valence-corrected chi connectivity index (χ0v) is 15.1. The van der Waals surface area contributed by atoms with Crippen LogP contribution in [0.3, 0.4) is 0 Å². The van der Waals surface area contributed by atoms with Gasteiger partial charge in [0.05, 0.1) is 29.6 Å². The molecule has 2 fully saturated rings. The van der Waals surface area contributed by atoms with E-state index in [1.165, 1.54) is 11.3 Å². The molecular formula is C18H22N2O5S. The van der Waals surface area contributed by atoms with Crippen molar-refractivity contribution >= 4 is 34.1 Å². The lowest BCUT2D eigenvalue weighted by Gasteiger charge is -2.23. The van der Waals surface area contributed by atoms with E-state index in [1.807, 2.05) is 0 Å². The van der Waals surface area contributed by atoms with Crippen molar-refractivity contribution in [3.8, 4) is 0 Å². The second-order valence-corrected chi connectivity index (χ2v) is 8.41. The first kappa shape index (κ1) is 17.5. The second-order valence-electron chi connectivity index (χ2n) is 7.30. The highest BCUT2D eigenvalue weighted by atomic mass is 32.1. The van der Waals surface area contributed by atoms with Crippen molar-refractivity contribution in [2.45, 2.75) is 57.2 Å². The zero-order chi connectivity index (χ0) is 18.4. The molecule has 7 nitrogen and oxygen atoms in total. The van der Waals surface area contributed by atoms with E-state index in [0.717, 1.165) is 42.5 Å². The minimum absolute atomic E-state index is 0.365. The van der Waals surface area contributed by atoms with Gasteiger partial charge in [-0.05, 0) is 44.1 Å². The largest absolute Gasteiger partial charge is 0.481 e. The van der Waals surface area contributed by atoms with Crippen molar-refractivity contribution < 1.29 is 24.2 Å². The Labute approximate surface area is 154 Å². The maximum Gasteiger partial charge on any atom is 0.310 e. The number of thiophene rings is 1. The summed E-state index contributed by atoms with van der Waals surface area (Å²) in [7, 11) is 0. The van der Waals surface area contributed by atoms with E-state index in [2.05, 4.69) is 5.32 Å². The minimum Gasteiger partial charge on any atom is -0.481 e. The maximum atomic E-state index is 12.9. The number of aliphatic carboxylic acids is 1. The summed E-state index contributed by atoms with van der Waals surface area (Å²) >= 11 is 1.40. The molecule has 4 rings (SSSR count). The van der Waals surface area contributed by atoms with Crippen molar-refractivity contribution in [3.63, 3.8) is 0 Å². The van der Waals surface area contributed by atoms with Gasteiger partial charge in [0.25, 0.3) is 5.91 Å². The normalized spacial score (nSPS) is 29.8. The van der Waals surface area contributed by atoms with Crippen LogP contribution in [0, 0.1) is 11.8 Å². The molecule has 0 radical (unpaired) electrons. The van der Waals surface area contributed by atoms with Crippen molar-refractivity contribution in [1.29, 1.82) is 0 Å². The summed E-state index contributed by atoms with van der Waals surface area (Å²) in [5.41, 5.74) is 6.95. The number of carboxylic acids is 1. The molecule has 1 aliphatic carbocycles. The number of rotatable bonds is 4. The number of ether oxygens (including phenoxy) is 1. The Balaban J connectivity index is 1.62. The van der Waals surface area contributed by atoms with Gasteiger partial charge in [0.2, 0.25) is 5.91 Å². The predicted octanol–water partition coefficient (Wildman–Crippen LogP) is 1.93. The number of carboxylic acid groups (broad SMARTS) is 1. The number of anilines is 1. The van der Waals surface area contributed by atoms with Crippen LogP contribution < -0.4 is 11.1 Å². The summed E-state index contributed by atoms with van der Waals surface area (Å²) in [6, 6.07) is 0. The third-order valence-electron chi connectivity index (χ3n) is 5.77. The average Bonchev–Trinajstić information content (AvgIpc) is 3.23. The fourth-order valence-corrected chi connectivity index (χ4v) is 5.91. The Kier molecular flexibility index (Phi) is 4.48. The highest BCUT2D eigenvalue weighted by Crippen LogP contribution is 2.45. The molecule has 2 saturated heterocycles. The molecule has 2 bridgehead atoms. The SMILES string of the molecule is NC(=O)c1c(NC(=O)[C@@H]2[C@@H](C(=O)O)[C@H]3CC[C@H]2O3)sc2c1CCCCC2. The summed E-state index contributed by atoms with van der Waals surface area (Å²) in [4.78, 5) is 37.6. The zero-order valence-electron chi connectivity index (χ0n) is 14.3. The van der Waals surface area contributed by atoms with E-state index in [9.17, 15) is 19.5 Å². The lowest BCUT2D eigenvalue weighted by molar-refractivity contribution is -0.147. The van der Waals surface area contributed by atoms with Crippen LogP contribution in [0.5, 0.6) is 0 Å². The lowest BCUT2D eigenvalue weighted by Crippen LogP contribution is -2.41. The molecule has 2 amide bonds. The molecule has 4 N–H and O–H groups in total. The Bertz CT molecular complexity index is 774. The van der Waals surface area contributed by atoms with Crippen molar-refractivity contribution in [2.24, 2.45) is 17.6 Å². The number of primary amides is 1. The highest BCUT2D eigenvalue weighted by Gasteiger charge is 2.55. The van der Waals surface area contributed by atoms with Crippen LogP contribution in [0.15, 0.2) is 0 Å². The molecule has 0 spiro atoms. The predicted molar refractivity (Wildman–Crippen MR) is 95.2 cm³/mol. The van der Waals surface area contributed by atoms with Gasteiger partial charge >= 0.3 is 5.97 Å². The van der Waals surface area contributed by atoms with Gasteiger partial charge in [0.15, 0.2) is 0 Å². The van der Waals surface area contributed by atoms with E-state index in [1.54, 1.807) is 0 Å². The highest BCUT2D eigenvalue weighted by molar-refractivity contribution is 7.17. The molecule has 3 heterocycles. The lowest BCUT2D eigenvalue weighted by atomic mass is 9.78. The first-order valence-corrected chi connectivity index (χ1v) is 9.92. The number of amides is 2. The topological polar surface area (TPSA) is 119 Å². The number of carbonyl (C=O) groups excluding carboxylic acids is 2. The van der Waals surface area contributed by atoms with Crippen molar-refractivity contribution in [3.05, 3.63) is 16.0 Å². The van der Waals surface area contributed by atoms with Crippen molar-refractivity contribution in [2.75, 3.05) is 5.32 Å². The van der Waals surface area contributed by atoms with Crippen LogP contribution in [0.2, 0.25) is 0 Å². The van der Waals surface area contributed by atoms with E-state index < -0.39 is 29.8 Å². The molecule has 8 heteroatoms. The van der Waals surface area contributed by atoms with Crippen molar-refractivity contribution in [1.82, 2.24) is 0 Å². The summed E-state index contributed by atoms with van der Waals surface area (Å²) in [6.45, 7) is 0. The number of nitrogens with two attached hydrogens (primary N) is 1. The van der Waals surface area contributed by atoms with Crippen LogP contribution in [-0.2, 0) is 27.2 Å². The van der Waals surface area contributed by atoms with Crippen LogP contribution in [-0.4, -0.2) is 35.1 Å². The number of fused-ring (bicyclic) bond motifs is 3. The Morgan fingerprint density at radius 2 is 1.77 bits per heavy atom. The molecule has 1 aromatic rings. The number of hydrogen-bond donors (Lipinski definition) is 3. The number of aryl methyl sites for hydroxylation is 1. The first-order chi connectivity index (χ1) is 12.5. The second kappa shape index (κ2) is 6.66. The quantitative estimate of drug-likeness (QED) is 0.692.